The second-order valence-corrected chi connectivity index (χ2v) is 6.91. The number of likely N-dealkylation sites (tertiary alicyclic amines) is 1. The average Bonchev–Trinajstić information content (AvgIpc) is 2.71. The van der Waals surface area contributed by atoms with Crippen molar-refractivity contribution in [2.45, 2.75) is 37.9 Å². The molecule has 2 aromatic rings. The van der Waals surface area contributed by atoms with Gasteiger partial charge in [-0.2, -0.15) is 0 Å². The van der Waals surface area contributed by atoms with Gasteiger partial charge in [0.25, 0.3) is 5.91 Å². The van der Waals surface area contributed by atoms with Gasteiger partial charge in [0.05, 0.1) is 6.54 Å². The summed E-state index contributed by atoms with van der Waals surface area (Å²) in [6, 6.07) is 13.3. The van der Waals surface area contributed by atoms with Crippen LogP contribution in [0.25, 0.3) is 0 Å². The van der Waals surface area contributed by atoms with E-state index in [-0.39, 0.29) is 25.4 Å². The number of aromatic nitrogens is 1. The van der Waals surface area contributed by atoms with Gasteiger partial charge in [-0.15, -0.1) is 0 Å². The lowest BCUT2D eigenvalue weighted by atomic mass is 9.93. The number of piperidine rings is 1. The molecule has 0 spiro atoms. The highest BCUT2D eigenvalue weighted by Gasteiger charge is 2.43. The predicted molar refractivity (Wildman–Crippen MR) is 100 cm³/mol. The van der Waals surface area contributed by atoms with E-state index in [4.69, 9.17) is 0 Å². The van der Waals surface area contributed by atoms with E-state index in [0.717, 1.165) is 11.1 Å². The van der Waals surface area contributed by atoms with Crippen molar-refractivity contribution >= 4 is 11.8 Å². The van der Waals surface area contributed by atoms with E-state index in [1.165, 1.54) is 4.90 Å². The van der Waals surface area contributed by atoms with Crippen molar-refractivity contribution < 1.29 is 14.0 Å². The van der Waals surface area contributed by atoms with Crippen LogP contribution in [0.15, 0.2) is 54.9 Å². The van der Waals surface area contributed by atoms with Crippen molar-refractivity contribution in [3.63, 3.8) is 0 Å². The number of hydrogen-bond donors (Lipinski definition) is 1. The number of amides is 2. The maximum atomic E-state index is 15.2. The first-order valence-electron chi connectivity index (χ1n) is 9.25. The van der Waals surface area contributed by atoms with Crippen molar-refractivity contribution in [3.05, 3.63) is 66.0 Å². The SMILES string of the molecule is O=C(CCc1ccccc1)N1CCCC(F)(C(=O)NCc2cccnc2)C1. The molecule has 2 amide bonds. The molecule has 1 atom stereocenters. The van der Waals surface area contributed by atoms with Crippen LogP contribution in [0.1, 0.15) is 30.4 Å². The van der Waals surface area contributed by atoms with Crippen LogP contribution in [0, 0.1) is 0 Å². The van der Waals surface area contributed by atoms with E-state index in [2.05, 4.69) is 10.3 Å². The fourth-order valence-corrected chi connectivity index (χ4v) is 3.31. The van der Waals surface area contributed by atoms with Crippen LogP contribution in [0.5, 0.6) is 0 Å². The van der Waals surface area contributed by atoms with Crippen molar-refractivity contribution in [1.82, 2.24) is 15.2 Å². The van der Waals surface area contributed by atoms with Crippen LogP contribution in [-0.4, -0.2) is 40.5 Å². The molecule has 0 bridgehead atoms. The lowest BCUT2D eigenvalue weighted by molar-refractivity contribution is -0.143. The molecule has 142 valence electrons. The maximum absolute atomic E-state index is 15.2. The Hall–Kier alpha value is -2.76. The number of carbonyl (C=O) groups is 2. The van der Waals surface area contributed by atoms with Gasteiger partial charge in [0.15, 0.2) is 0 Å². The Morgan fingerprint density at radius 2 is 1.93 bits per heavy atom. The number of nitrogens with zero attached hydrogens (tertiary/aromatic N) is 2. The first-order valence-corrected chi connectivity index (χ1v) is 9.25. The highest BCUT2D eigenvalue weighted by molar-refractivity contribution is 5.86. The molecule has 6 heteroatoms. The number of aryl methyl sites for hydroxylation is 1. The molecule has 1 saturated heterocycles. The van der Waals surface area contributed by atoms with Crippen molar-refractivity contribution in [1.29, 1.82) is 0 Å². The maximum Gasteiger partial charge on any atom is 0.259 e. The summed E-state index contributed by atoms with van der Waals surface area (Å²) >= 11 is 0. The lowest BCUT2D eigenvalue weighted by Crippen LogP contribution is -2.55. The summed E-state index contributed by atoms with van der Waals surface area (Å²) in [5.41, 5.74) is -0.160. The standard InChI is InChI=1S/C21H24FN3O2/c22-21(20(27)24-15-18-8-4-12-23-14-18)11-5-13-25(16-21)19(26)10-9-17-6-2-1-3-7-17/h1-4,6-8,12,14H,5,9-11,13,15-16H2,(H,24,27). The minimum atomic E-state index is -2.04. The molecule has 5 nitrogen and oxygen atoms in total. The van der Waals surface area contributed by atoms with Gasteiger partial charge < -0.3 is 10.2 Å². The molecular formula is C21H24FN3O2. The third kappa shape index (κ3) is 5.12. The molecule has 1 N–H and O–H groups in total. The smallest absolute Gasteiger partial charge is 0.259 e. The van der Waals surface area contributed by atoms with E-state index < -0.39 is 11.6 Å². The minimum Gasteiger partial charge on any atom is -0.349 e. The van der Waals surface area contributed by atoms with Crippen molar-refractivity contribution in [2.24, 2.45) is 0 Å². The van der Waals surface area contributed by atoms with Crippen LogP contribution in [0.4, 0.5) is 4.39 Å². The Labute approximate surface area is 158 Å². The predicted octanol–water partition coefficient (Wildman–Crippen LogP) is 2.66. The third-order valence-electron chi connectivity index (χ3n) is 4.85. The number of rotatable bonds is 6. The number of halogens is 1. The quantitative estimate of drug-likeness (QED) is 0.852. The summed E-state index contributed by atoms with van der Waals surface area (Å²) in [5, 5.41) is 2.63. The number of nitrogens with one attached hydrogen (secondary N) is 1. The molecule has 1 aliphatic rings. The monoisotopic (exact) mass is 369 g/mol. The van der Waals surface area contributed by atoms with Crippen molar-refractivity contribution in [3.8, 4) is 0 Å². The van der Waals surface area contributed by atoms with Gasteiger partial charge in [0.1, 0.15) is 0 Å². The van der Waals surface area contributed by atoms with Crippen LogP contribution in [-0.2, 0) is 22.6 Å². The van der Waals surface area contributed by atoms with Gasteiger partial charge in [-0.1, -0.05) is 36.4 Å². The lowest BCUT2D eigenvalue weighted by Gasteiger charge is -2.36. The van der Waals surface area contributed by atoms with Crippen molar-refractivity contribution in [2.75, 3.05) is 13.1 Å². The zero-order chi connectivity index (χ0) is 19.1. The fraction of sp³-hybridized carbons (Fsp3) is 0.381. The molecule has 1 unspecified atom stereocenters. The van der Waals surface area contributed by atoms with Gasteiger partial charge >= 0.3 is 0 Å². The Morgan fingerprint density at radius 3 is 2.67 bits per heavy atom. The largest absolute Gasteiger partial charge is 0.349 e. The molecule has 1 aromatic heterocycles. The number of carbonyl (C=O) groups excluding carboxylic acids is 2. The first-order chi connectivity index (χ1) is 13.1. The summed E-state index contributed by atoms with van der Waals surface area (Å²) < 4.78 is 15.2. The molecule has 3 rings (SSSR count). The topological polar surface area (TPSA) is 62.3 Å². The summed E-state index contributed by atoms with van der Waals surface area (Å²) in [6.07, 6.45) is 4.82. The third-order valence-corrected chi connectivity index (χ3v) is 4.85. The van der Waals surface area contributed by atoms with E-state index in [9.17, 15) is 9.59 Å². The van der Waals surface area contributed by atoms with Gasteiger partial charge in [0.2, 0.25) is 11.6 Å². The van der Waals surface area contributed by atoms with Gasteiger partial charge in [0, 0.05) is 31.9 Å². The number of benzene rings is 1. The summed E-state index contributed by atoms with van der Waals surface area (Å²) in [6.45, 7) is 0.537. The van der Waals surface area contributed by atoms with E-state index in [0.29, 0.717) is 25.8 Å². The Bertz CT molecular complexity index is 770. The van der Waals surface area contributed by atoms with Crippen LogP contribution >= 0.6 is 0 Å². The minimum absolute atomic E-state index is 0.111. The molecule has 0 saturated carbocycles. The Morgan fingerprint density at radius 1 is 1.15 bits per heavy atom. The number of hydrogen-bond acceptors (Lipinski definition) is 3. The first kappa shape index (κ1) is 19.0. The molecule has 1 aromatic carbocycles. The second-order valence-electron chi connectivity index (χ2n) is 6.91. The van der Waals surface area contributed by atoms with Crippen LogP contribution < -0.4 is 5.32 Å². The van der Waals surface area contributed by atoms with Crippen LogP contribution in [0.3, 0.4) is 0 Å². The molecular weight excluding hydrogens is 345 g/mol. The summed E-state index contributed by atoms with van der Waals surface area (Å²) in [7, 11) is 0. The number of pyridine rings is 1. The molecule has 2 heterocycles. The Kier molecular flexibility index (Phi) is 6.16. The van der Waals surface area contributed by atoms with E-state index >= 15 is 4.39 Å². The summed E-state index contributed by atoms with van der Waals surface area (Å²) in [5.74, 6) is -0.771. The van der Waals surface area contributed by atoms with Gasteiger partial charge in [-0.25, -0.2) is 4.39 Å². The zero-order valence-corrected chi connectivity index (χ0v) is 15.2. The van der Waals surface area contributed by atoms with Gasteiger partial charge in [-0.05, 0) is 36.5 Å². The molecule has 0 radical (unpaired) electrons. The fourth-order valence-electron chi connectivity index (χ4n) is 3.31. The number of alkyl halides is 1. The molecule has 1 aliphatic heterocycles. The summed E-state index contributed by atoms with van der Waals surface area (Å²) in [4.78, 5) is 30.3. The highest BCUT2D eigenvalue weighted by atomic mass is 19.1. The Balaban J connectivity index is 1.53. The zero-order valence-electron chi connectivity index (χ0n) is 15.2. The molecule has 27 heavy (non-hydrogen) atoms. The average molecular weight is 369 g/mol. The normalized spacial score (nSPS) is 19.5. The molecule has 1 fully saturated rings. The second kappa shape index (κ2) is 8.75. The van der Waals surface area contributed by atoms with Gasteiger partial charge in [-0.3, -0.25) is 14.6 Å². The van der Waals surface area contributed by atoms with Crippen LogP contribution in [0.2, 0.25) is 0 Å². The van der Waals surface area contributed by atoms with E-state index in [1.54, 1.807) is 18.5 Å². The molecule has 0 aliphatic carbocycles. The highest BCUT2D eigenvalue weighted by Crippen LogP contribution is 2.26. The van der Waals surface area contributed by atoms with E-state index in [1.807, 2.05) is 36.4 Å².